The Labute approximate surface area is 223 Å². The molecule has 37 heavy (non-hydrogen) atoms. The molecule has 2 N–H and O–H groups in total. The highest BCUT2D eigenvalue weighted by Crippen LogP contribution is 2.51. The topological polar surface area (TPSA) is 49.7 Å². The second-order valence-corrected chi connectivity index (χ2v) is 14.0. The van der Waals surface area contributed by atoms with E-state index in [9.17, 15) is 10.00 Å². The summed E-state index contributed by atoms with van der Waals surface area (Å²) in [5, 5.41) is 11.9. The van der Waals surface area contributed by atoms with Crippen molar-refractivity contribution >= 4 is 37.4 Å². The highest BCUT2D eigenvalue weighted by atomic mass is 31.2. The Morgan fingerprint density at radius 2 is 1.14 bits per heavy atom. The SMILES string of the molecule is C=P(C)(O)c1ccccc1-c1ccccc1O.C=P1(C)Oc2ccccc2-c2ccccc21.CC.CC. The lowest BCUT2D eigenvalue weighted by atomic mass is 10.0. The van der Waals surface area contributed by atoms with Crippen LogP contribution in [0.2, 0.25) is 0 Å². The van der Waals surface area contributed by atoms with E-state index in [0.29, 0.717) is 0 Å². The second kappa shape index (κ2) is 13.5. The number of fused-ring (bicyclic) bond motifs is 3. The zero-order valence-corrected chi connectivity index (χ0v) is 24.6. The van der Waals surface area contributed by atoms with Gasteiger partial charge in [-0.15, -0.1) is 0 Å². The third kappa shape index (κ3) is 7.30. The average Bonchev–Trinajstić information content (AvgIpc) is 2.91. The highest BCUT2D eigenvalue weighted by molar-refractivity contribution is 7.76. The van der Waals surface area contributed by atoms with E-state index in [0.717, 1.165) is 22.2 Å². The lowest BCUT2D eigenvalue weighted by molar-refractivity contribution is 0.477. The molecule has 0 fully saturated rings. The number of hydrogen-bond acceptors (Lipinski definition) is 3. The van der Waals surface area contributed by atoms with E-state index in [1.165, 1.54) is 16.4 Å². The molecule has 5 heteroatoms. The largest absolute Gasteiger partial charge is 0.507 e. The summed E-state index contributed by atoms with van der Waals surface area (Å²) in [5.41, 5.74) is 4.03. The third-order valence-electron chi connectivity index (χ3n) is 5.51. The number of rotatable bonds is 2. The van der Waals surface area contributed by atoms with E-state index >= 15 is 0 Å². The minimum absolute atomic E-state index is 0.216. The van der Waals surface area contributed by atoms with Crippen LogP contribution in [0, 0.1) is 0 Å². The molecule has 0 aromatic heterocycles. The molecule has 2 unspecified atom stereocenters. The van der Waals surface area contributed by atoms with Crippen molar-refractivity contribution in [2.75, 3.05) is 13.3 Å². The molecular formula is C32H40O3P2. The van der Waals surface area contributed by atoms with Gasteiger partial charge in [0.25, 0.3) is 0 Å². The molecule has 0 bridgehead atoms. The van der Waals surface area contributed by atoms with Crippen molar-refractivity contribution in [2.24, 2.45) is 0 Å². The van der Waals surface area contributed by atoms with Crippen molar-refractivity contribution in [3.8, 4) is 33.8 Å². The summed E-state index contributed by atoms with van der Waals surface area (Å²) in [6, 6.07) is 31.2. The normalized spacial score (nSPS) is 16.3. The Balaban J connectivity index is 0.000000230. The van der Waals surface area contributed by atoms with E-state index < -0.39 is 14.2 Å². The lowest BCUT2D eigenvalue weighted by Crippen LogP contribution is -2.16. The van der Waals surface area contributed by atoms with Gasteiger partial charge in [0, 0.05) is 28.8 Å². The smallest absolute Gasteiger partial charge is 0.131 e. The van der Waals surface area contributed by atoms with Crippen molar-refractivity contribution in [3.05, 3.63) is 97.1 Å². The van der Waals surface area contributed by atoms with Gasteiger partial charge in [0.1, 0.15) is 11.5 Å². The van der Waals surface area contributed by atoms with E-state index in [4.69, 9.17) is 4.52 Å². The van der Waals surface area contributed by atoms with Gasteiger partial charge < -0.3 is 14.5 Å². The summed E-state index contributed by atoms with van der Waals surface area (Å²) < 4.78 is 6.05. The molecule has 1 heterocycles. The summed E-state index contributed by atoms with van der Waals surface area (Å²) in [4.78, 5) is 10.1. The Hall–Kier alpha value is -2.96. The monoisotopic (exact) mass is 534 g/mol. The summed E-state index contributed by atoms with van der Waals surface area (Å²) in [6.07, 6.45) is 8.10. The zero-order chi connectivity index (χ0) is 27.6. The van der Waals surface area contributed by atoms with Crippen LogP contribution in [0.5, 0.6) is 11.5 Å². The summed E-state index contributed by atoms with van der Waals surface area (Å²) >= 11 is 0. The fraction of sp³-hybridized carbons (Fsp3) is 0.188. The number of para-hydroxylation sites is 2. The van der Waals surface area contributed by atoms with Crippen molar-refractivity contribution in [2.45, 2.75) is 27.7 Å². The molecule has 0 amide bonds. The van der Waals surface area contributed by atoms with Crippen LogP contribution in [0.1, 0.15) is 27.7 Å². The van der Waals surface area contributed by atoms with Crippen LogP contribution < -0.4 is 15.1 Å². The fourth-order valence-corrected chi connectivity index (χ4v) is 6.89. The molecule has 0 radical (unpaired) electrons. The first-order valence-electron chi connectivity index (χ1n) is 12.6. The molecule has 196 valence electrons. The molecule has 3 nitrogen and oxygen atoms in total. The first kappa shape index (κ1) is 30.3. The molecule has 0 spiro atoms. The van der Waals surface area contributed by atoms with Gasteiger partial charge in [-0.05, 0) is 36.6 Å². The molecule has 0 saturated carbocycles. The minimum atomic E-state index is -2.35. The van der Waals surface area contributed by atoms with Crippen molar-refractivity contribution in [3.63, 3.8) is 0 Å². The Morgan fingerprint density at radius 3 is 1.73 bits per heavy atom. The molecule has 0 aliphatic carbocycles. The molecule has 4 aromatic rings. The Morgan fingerprint density at radius 1 is 0.676 bits per heavy atom. The van der Waals surface area contributed by atoms with Crippen molar-refractivity contribution < 1.29 is 14.5 Å². The molecule has 5 rings (SSSR count). The number of aromatic hydroxyl groups is 1. The van der Waals surface area contributed by atoms with Gasteiger partial charge in [0.2, 0.25) is 0 Å². The molecule has 1 aliphatic heterocycles. The van der Waals surface area contributed by atoms with E-state index in [-0.39, 0.29) is 5.75 Å². The highest BCUT2D eigenvalue weighted by Gasteiger charge is 2.25. The van der Waals surface area contributed by atoms with E-state index in [1.807, 2.05) is 82.3 Å². The van der Waals surface area contributed by atoms with E-state index in [1.54, 1.807) is 18.8 Å². The average molecular weight is 535 g/mol. The zero-order valence-electron chi connectivity index (χ0n) is 22.8. The van der Waals surface area contributed by atoms with Gasteiger partial charge in [0.05, 0.1) is 7.11 Å². The Kier molecular flexibility index (Phi) is 11.1. The van der Waals surface area contributed by atoms with Gasteiger partial charge in [-0.2, -0.15) is 0 Å². The summed E-state index contributed by atoms with van der Waals surface area (Å²) in [6.45, 7) is 11.9. The molecule has 2 atom stereocenters. The maximum Gasteiger partial charge on any atom is 0.131 e. The second-order valence-electron chi connectivity index (χ2n) is 8.38. The van der Waals surface area contributed by atoms with Gasteiger partial charge in [-0.25, -0.2) is 0 Å². The van der Waals surface area contributed by atoms with Crippen molar-refractivity contribution in [1.29, 1.82) is 0 Å². The maximum absolute atomic E-state index is 10.1. The van der Waals surface area contributed by atoms with Crippen LogP contribution in [0.4, 0.5) is 0 Å². The molecule has 4 aromatic carbocycles. The first-order valence-corrected chi connectivity index (χ1v) is 17.3. The number of benzene rings is 4. The van der Waals surface area contributed by atoms with Crippen LogP contribution >= 0.6 is 14.2 Å². The van der Waals surface area contributed by atoms with Crippen LogP contribution in [0.25, 0.3) is 22.3 Å². The number of phenolic OH excluding ortho intramolecular Hbond substituents is 1. The van der Waals surface area contributed by atoms with Crippen LogP contribution in [-0.4, -0.2) is 35.9 Å². The molecule has 0 saturated heterocycles. The van der Waals surface area contributed by atoms with Crippen LogP contribution in [-0.2, 0) is 0 Å². The third-order valence-corrected chi connectivity index (χ3v) is 8.94. The Bertz CT molecular complexity index is 1400. The standard InChI is InChI=1S/C14H15O2P.C14H13OP.2C2H6/c1-17(2,16)14-10-6-4-8-12(14)11-7-3-5-9-13(11)15;1-16(2)14-10-6-4-8-12(14)11-7-3-5-9-13(11)15-16;2*1-2/h3-10,15-16H,1H2,2H3;3-10H,1H2,2H3;2*1-2H3. The molecule has 1 aliphatic rings. The maximum atomic E-state index is 10.1. The van der Waals surface area contributed by atoms with Gasteiger partial charge in [0.15, 0.2) is 0 Å². The number of phenols is 1. The fourth-order valence-electron chi connectivity index (χ4n) is 3.97. The predicted molar refractivity (Wildman–Crippen MR) is 170 cm³/mol. The van der Waals surface area contributed by atoms with Gasteiger partial charge in [-0.1, -0.05) is 125 Å². The number of hydrogen-bond donors (Lipinski definition) is 2. The minimum Gasteiger partial charge on any atom is -0.507 e. The summed E-state index contributed by atoms with van der Waals surface area (Å²) in [7, 11) is -4.06. The van der Waals surface area contributed by atoms with Gasteiger partial charge in [-0.3, -0.25) is 0 Å². The van der Waals surface area contributed by atoms with Gasteiger partial charge >= 0.3 is 0 Å². The summed E-state index contributed by atoms with van der Waals surface area (Å²) in [5.74, 6) is 1.18. The van der Waals surface area contributed by atoms with E-state index in [2.05, 4.69) is 49.6 Å². The first-order chi connectivity index (χ1) is 17.7. The predicted octanol–water partition coefficient (Wildman–Crippen LogP) is 8.09. The van der Waals surface area contributed by atoms with Crippen molar-refractivity contribution in [1.82, 2.24) is 0 Å². The van der Waals surface area contributed by atoms with Crippen LogP contribution in [0.3, 0.4) is 0 Å². The lowest BCUT2D eigenvalue weighted by Gasteiger charge is -2.30. The molecular weight excluding hydrogens is 494 g/mol. The van der Waals surface area contributed by atoms with Crippen LogP contribution in [0.15, 0.2) is 97.1 Å². The quantitative estimate of drug-likeness (QED) is 0.256.